The van der Waals surface area contributed by atoms with E-state index in [0.29, 0.717) is 0 Å². The Balaban J connectivity index is 1.66. The molecule has 0 radical (unpaired) electrons. The summed E-state index contributed by atoms with van der Waals surface area (Å²) in [6.07, 6.45) is -1.90. The Morgan fingerprint density at radius 2 is 1.10 bits per heavy atom. The van der Waals surface area contributed by atoms with Crippen LogP contribution in [0.4, 0.5) is 0 Å². The summed E-state index contributed by atoms with van der Waals surface area (Å²) < 4.78 is 17.1. The Bertz CT molecular complexity index is 868. The van der Waals surface area contributed by atoms with Crippen molar-refractivity contribution in [3.8, 4) is 0 Å². The quantitative estimate of drug-likeness (QED) is 0.490. The van der Waals surface area contributed by atoms with E-state index in [9.17, 15) is 9.90 Å². The molecule has 0 amide bonds. The monoisotopic (exact) mass is 406 g/mol. The molecule has 0 unspecified atom stereocenters. The third kappa shape index (κ3) is 6.81. The molecule has 0 aliphatic rings. The highest BCUT2D eigenvalue weighted by atomic mass is 16.6. The van der Waals surface area contributed by atoms with E-state index in [1.807, 2.05) is 91.0 Å². The van der Waals surface area contributed by atoms with Gasteiger partial charge in [0.25, 0.3) is 0 Å². The van der Waals surface area contributed by atoms with E-state index in [0.717, 1.165) is 16.7 Å². The minimum atomic E-state index is -1.05. The zero-order chi connectivity index (χ0) is 21.0. The molecule has 5 heteroatoms. The number of hydrogen-bond donors (Lipinski definition) is 1. The third-order valence-corrected chi connectivity index (χ3v) is 4.55. The average Bonchev–Trinajstić information content (AvgIpc) is 2.81. The zero-order valence-corrected chi connectivity index (χ0v) is 16.7. The molecule has 156 valence electrons. The Hall–Kier alpha value is -2.99. The van der Waals surface area contributed by atoms with Crippen LogP contribution in [0.3, 0.4) is 0 Å². The fourth-order valence-corrected chi connectivity index (χ4v) is 2.91. The second kappa shape index (κ2) is 11.9. The first-order valence-electron chi connectivity index (χ1n) is 9.88. The van der Waals surface area contributed by atoms with E-state index < -0.39 is 18.2 Å². The van der Waals surface area contributed by atoms with E-state index in [-0.39, 0.29) is 26.4 Å². The standard InChI is InChI=1S/C25H26O5/c26-16-23(28-17-20-10-4-1-5-11-20)24(29-18-21-12-6-2-7-13-21)25(27)30-19-22-14-8-3-9-15-22/h1-15,23-24,26H,16-19H2/t23-,24-/m1/s1. The van der Waals surface area contributed by atoms with Crippen LogP contribution in [-0.2, 0) is 38.8 Å². The van der Waals surface area contributed by atoms with Crippen LogP contribution in [0.5, 0.6) is 0 Å². The molecule has 2 atom stereocenters. The molecule has 1 N–H and O–H groups in total. The lowest BCUT2D eigenvalue weighted by molar-refractivity contribution is -0.175. The second-order valence-corrected chi connectivity index (χ2v) is 6.83. The Kier molecular flexibility index (Phi) is 8.60. The van der Waals surface area contributed by atoms with Gasteiger partial charge in [-0.1, -0.05) is 91.0 Å². The lowest BCUT2D eigenvalue weighted by atomic mass is 10.2. The van der Waals surface area contributed by atoms with E-state index >= 15 is 0 Å². The van der Waals surface area contributed by atoms with Gasteiger partial charge in [-0.05, 0) is 16.7 Å². The number of aliphatic hydroxyl groups excluding tert-OH is 1. The van der Waals surface area contributed by atoms with Crippen LogP contribution in [-0.4, -0.2) is 29.9 Å². The minimum Gasteiger partial charge on any atom is -0.459 e. The molecule has 0 heterocycles. The van der Waals surface area contributed by atoms with Crippen LogP contribution in [0.1, 0.15) is 16.7 Å². The summed E-state index contributed by atoms with van der Waals surface area (Å²) in [5.41, 5.74) is 2.73. The maximum absolute atomic E-state index is 12.8. The summed E-state index contributed by atoms with van der Waals surface area (Å²) in [7, 11) is 0. The van der Waals surface area contributed by atoms with Crippen molar-refractivity contribution >= 4 is 5.97 Å². The first-order valence-corrected chi connectivity index (χ1v) is 9.88. The molecule has 0 saturated carbocycles. The van der Waals surface area contributed by atoms with Crippen LogP contribution in [0, 0.1) is 0 Å². The van der Waals surface area contributed by atoms with Gasteiger partial charge in [-0.15, -0.1) is 0 Å². The summed E-state index contributed by atoms with van der Waals surface area (Å²) >= 11 is 0. The molecule has 0 aromatic heterocycles. The summed E-state index contributed by atoms with van der Waals surface area (Å²) in [6, 6.07) is 28.5. The lowest BCUT2D eigenvalue weighted by Gasteiger charge is -2.25. The van der Waals surface area contributed by atoms with Gasteiger partial charge < -0.3 is 19.3 Å². The van der Waals surface area contributed by atoms with Gasteiger partial charge in [0.15, 0.2) is 6.10 Å². The molecular weight excluding hydrogens is 380 g/mol. The lowest BCUT2D eigenvalue weighted by Crippen LogP contribution is -2.41. The summed E-state index contributed by atoms with van der Waals surface area (Å²) in [6.45, 7) is 0.217. The molecule has 0 bridgehead atoms. The van der Waals surface area contributed by atoms with E-state index in [4.69, 9.17) is 14.2 Å². The van der Waals surface area contributed by atoms with Gasteiger partial charge >= 0.3 is 5.97 Å². The molecule has 0 aliphatic carbocycles. The predicted octanol–water partition coefficient (Wildman–Crippen LogP) is 3.89. The fourth-order valence-electron chi connectivity index (χ4n) is 2.91. The summed E-state index contributed by atoms with van der Waals surface area (Å²) in [5, 5.41) is 9.89. The number of carbonyl (C=O) groups is 1. The molecule has 0 saturated heterocycles. The van der Waals surface area contributed by atoms with Gasteiger partial charge in [-0.2, -0.15) is 0 Å². The van der Waals surface area contributed by atoms with Crippen molar-refractivity contribution in [2.45, 2.75) is 32.0 Å². The molecule has 0 fully saturated rings. The van der Waals surface area contributed by atoms with Gasteiger partial charge in [0.05, 0.1) is 19.8 Å². The van der Waals surface area contributed by atoms with E-state index in [2.05, 4.69) is 0 Å². The number of esters is 1. The smallest absolute Gasteiger partial charge is 0.338 e. The maximum Gasteiger partial charge on any atom is 0.338 e. The predicted molar refractivity (Wildman–Crippen MR) is 113 cm³/mol. The van der Waals surface area contributed by atoms with Gasteiger partial charge in [0.1, 0.15) is 12.7 Å². The normalized spacial score (nSPS) is 12.8. The van der Waals surface area contributed by atoms with Gasteiger partial charge in [0.2, 0.25) is 0 Å². The molecule has 0 spiro atoms. The van der Waals surface area contributed by atoms with E-state index in [1.165, 1.54) is 0 Å². The molecule has 3 rings (SSSR count). The minimum absolute atomic E-state index is 0.127. The Morgan fingerprint density at radius 1 is 0.667 bits per heavy atom. The zero-order valence-electron chi connectivity index (χ0n) is 16.7. The number of benzene rings is 3. The van der Waals surface area contributed by atoms with Crippen molar-refractivity contribution in [1.82, 2.24) is 0 Å². The fraction of sp³-hybridized carbons (Fsp3) is 0.240. The third-order valence-electron chi connectivity index (χ3n) is 4.55. The Morgan fingerprint density at radius 3 is 1.57 bits per heavy atom. The van der Waals surface area contributed by atoms with Crippen LogP contribution < -0.4 is 0 Å². The first kappa shape index (κ1) is 21.7. The van der Waals surface area contributed by atoms with Crippen molar-refractivity contribution in [1.29, 1.82) is 0 Å². The first-order chi connectivity index (χ1) is 14.8. The molecule has 30 heavy (non-hydrogen) atoms. The molecular formula is C25H26O5. The van der Waals surface area contributed by atoms with Crippen LogP contribution >= 0.6 is 0 Å². The number of rotatable bonds is 11. The van der Waals surface area contributed by atoms with Crippen LogP contribution in [0.25, 0.3) is 0 Å². The SMILES string of the molecule is O=C(OCc1ccccc1)[C@H](OCc1ccccc1)[C@@H](CO)OCc1ccccc1. The summed E-state index contributed by atoms with van der Waals surface area (Å²) in [5.74, 6) is -0.568. The largest absolute Gasteiger partial charge is 0.459 e. The highest BCUT2D eigenvalue weighted by Crippen LogP contribution is 2.14. The Labute approximate surface area is 176 Å². The average molecular weight is 406 g/mol. The van der Waals surface area contributed by atoms with Crippen molar-refractivity contribution in [2.75, 3.05) is 6.61 Å². The van der Waals surface area contributed by atoms with Crippen molar-refractivity contribution < 1.29 is 24.1 Å². The number of aliphatic hydroxyl groups is 1. The topological polar surface area (TPSA) is 65.0 Å². The van der Waals surface area contributed by atoms with Crippen LogP contribution in [0.15, 0.2) is 91.0 Å². The molecule has 5 nitrogen and oxygen atoms in total. The highest BCUT2D eigenvalue weighted by Gasteiger charge is 2.31. The van der Waals surface area contributed by atoms with Crippen molar-refractivity contribution in [2.24, 2.45) is 0 Å². The van der Waals surface area contributed by atoms with E-state index in [1.54, 1.807) is 0 Å². The maximum atomic E-state index is 12.8. The molecule has 3 aromatic carbocycles. The van der Waals surface area contributed by atoms with Crippen molar-refractivity contribution in [3.63, 3.8) is 0 Å². The molecule has 0 aliphatic heterocycles. The molecule has 3 aromatic rings. The number of ether oxygens (including phenoxy) is 3. The number of hydrogen-bond acceptors (Lipinski definition) is 5. The van der Waals surface area contributed by atoms with Crippen LogP contribution in [0.2, 0.25) is 0 Å². The highest BCUT2D eigenvalue weighted by molar-refractivity contribution is 5.75. The van der Waals surface area contributed by atoms with Gasteiger partial charge in [-0.3, -0.25) is 0 Å². The second-order valence-electron chi connectivity index (χ2n) is 6.83. The van der Waals surface area contributed by atoms with Crippen molar-refractivity contribution in [3.05, 3.63) is 108 Å². The number of carbonyl (C=O) groups excluding carboxylic acids is 1. The van der Waals surface area contributed by atoms with Gasteiger partial charge in [0, 0.05) is 0 Å². The van der Waals surface area contributed by atoms with Gasteiger partial charge in [-0.25, -0.2) is 4.79 Å². The summed E-state index contributed by atoms with van der Waals surface area (Å²) in [4.78, 5) is 12.8.